The van der Waals surface area contributed by atoms with E-state index in [1.807, 2.05) is 41.0 Å². The van der Waals surface area contributed by atoms with Crippen LogP contribution in [0.5, 0.6) is 5.75 Å². The predicted octanol–water partition coefficient (Wildman–Crippen LogP) is 5.21. The summed E-state index contributed by atoms with van der Waals surface area (Å²) in [6.45, 7) is 8.65. The lowest BCUT2D eigenvalue weighted by Gasteiger charge is -2.28. The molecule has 0 amide bonds. The fourth-order valence-corrected chi connectivity index (χ4v) is 5.84. The first kappa shape index (κ1) is 33.8. The van der Waals surface area contributed by atoms with Crippen molar-refractivity contribution >= 4 is 22.7 Å². The van der Waals surface area contributed by atoms with Crippen molar-refractivity contribution in [3.8, 4) is 5.75 Å². The number of aliphatic hydroxyl groups excluding tert-OH is 4. The Morgan fingerprint density at radius 1 is 0.600 bits per heavy atom. The van der Waals surface area contributed by atoms with Crippen molar-refractivity contribution in [3.63, 3.8) is 0 Å². The number of nitrogens with zero attached hydrogens (tertiary/aromatic N) is 2. The van der Waals surface area contributed by atoms with E-state index in [1.165, 1.54) is 0 Å². The maximum Gasteiger partial charge on any atom is 0.119 e. The summed E-state index contributed by atoms with van der Waals surface area (Å²) in [4.78, 5) is 3.98. The Hall–Kier alpha value is -4.08. The maximum atomic E-state index is 9.58. The summed E-state index contributed by atoms with van der Waals surface area (Å²) in [6, 6.07) is 29.1. The molecule has 0 unspecified atom stereocenters. The molecule has 0 aliphatic carbocycles. The quantitative estimate of drug-likeness (QED) is 0.103. The molecule has 8 heteroatoms. The Kier molecular flexibility index (Phi) is 12.7. The zero-order valence-corrected chi connectivity index (χ0v) is 26.6. The largest absolute Gasteiger partial charge is 0.494 e. The van der Waals surface area contributed by atoms with Crippen molar-refractivity contribution < 1.29 is 25.2 Å². The molecule has 4 aromatic carbocycles. The Morgan fingerprint density at radius 2 is 1.02 bits per heavy atom. The molecule has 240 valence electrons. The van der Waals surface area contributed by atoms with Crippen LogP contribution >= 0.6 is 0 Å². The molecule has 0 heterocycles. The average Bonchev–Trinajstić information content (AvgIpc) is 3.04. The fourth-order valence-electron chi connectivity index (χ4n) is 5.84. The summed E-state index contributed by atoms with van der Waals surface area (Å²) in [6.07, 6.45) is 0. The molecule has 0 saturated carbocycles. The van der Waals surface area contributed by atoms with Crippen LogP contribution in [0.1, 0.15) is 40.7 Å². The second-order valence-electron chi connectivity index (χ2n) is 11.1. The summed E-state index contributed by atoms with van der Waals surface area (Å²) in [5.74, 6) is 0.789. The van der Waals surface area contributed by atoms with E-state index < -0.39 is 0 Å². The predicted molar refractivity (Wildman–Crippen MR) is 183 cm³/mol. The van der Waals surface area contributed by atoms with E-state index in [4.69, 9.17) is 4.74 Å². The third-order valence-corrected chi connectivity index (χ3v) is 8.04. The number of benzene rings is 4. The summed E-state index contributed by atoms with van der Waals surface area (Å²) in [7, 11) is 0. The van der Waals surface area contributed by atoms with Gasteiger partial charge in [0.05, 0.1) is 33.0 Å². The van der Waals surface area contributed by atoms with Crippen molar-refractivity contribution in [2.75, 3.05) is 74.3 Å². The van der Waals surface area contributed by atoms with Crippen LogP contribution in [0.2, 0.25) is 0 Å². The third-order valence-electron chi connectivity index (χ3n) is 8.04. The third kappa shape index (κ3) is 8.77. The van der Waals surface area contributed by atoms with Gasteiger partial charge < -0.3 is 40.3 Å². The summed E-state index contributed by atoms with van der Waals surface area (Å²) < 4.78 is 5.57. The van der Waals surface area contributed by atoms with Crippen molar-refractivity contribution in [1.82, 2.24) is 0 Å². The Bertz CT molecular complexity index is 1400. The average molecular weight is 614 g/mol. The highest BCUT2D eigenvalue weighted by atomic mass is 16.5. The fraction of sp³-hybridized carbons (Fsp3) is 0.351. The van der Waals surface area contributed by atoms with Crippen LogP contribution in [0, 0.1) is 13.8 Å². The topological polar surface area (TPSA) is 109 Å². The van der Waals surface area contributed by atoms with E-state index in [9.17, 15) is 20.4 Å². The Labute approximate surface area is 267 Å². The molecular weight excluding hydrogens is 566 g/mol. The monoisotopic (exact) mass is 613 g/mol. The number of anilines is 4. The number of ether oxygens (including phenoxy) is 1. The highest BCUT2D eigenvalue weighted by molar-refractivity contribution is 5.63. The van der Waals surface area contributed by atoms with Gasteiger partial charge in [-0.2, -0.15) is 0 Å². The van der Waals surface area contributed by atoms with Crippen LogP contribution in [-0.4, -0.2) is 79.6 Å². The van der Waals surface area contributed by atoms with Gasteiger partial charge in [-0.25, -0.2) is 0 Å². The zero-order valence-electron chi connectivity index (χ0n) is 26.6. The summed E-state index contributed by atoms with van der Waals surface area (Å²) >= 11 is 0. The molecule has 8 nitrogen and oxygen atoms in total. The number of hydrogen-bond acceptors (Lipinski definition) is 8. The number of aryl methyl sites for hydroxylation is 2. The van der Waals surface area contributed by atoms with Gasteiger partial charge in [0.2, 0.25) is 0 Å². The highest BCUT2D eigenvalue weighted by Crippen LogP contribution is 2.38. The van der Waals surface area contributed by atoms with Gasteiger partial charge in [0.15, 0.2) is 0 Å². The first-order valence-electron chi connectivity index (χ1n) is 15.7. The van der Waals surface area contributed by atoms with Crippen molar-refractivity contribution in [2.45, 2.75) is 26.7 Å². The lowest BCUT2D eigenvalue weighted by Crippen LogP contribution is -2.29. The summed E-state index contributed by atoms with van der Waals surface area (Å²) in [5, 5.41) is 41.8. The zero-order chi connectivity index (χ0) is 32.2. The van der Waals surface area contributed by atoms with E-state index in [0.717, 1.165) is 56.3 Å². The molecule has 5 N–H and O–H groups in total. The first-order chi connectivity index (χ1) is 21.9. The molecule has 0 spiro atoms. The molecule has 0 aliphatic heterocycles. The lowest BCUT2D eigenvalue weighted by molar-refractivity contribution is 0.280. The molecule has 0 fully saturated rings. The number of nitrogens with one attached hydrogen (secondary N) is 1. The molecule has 0 atom stereocenters. The van der Waals surface area contributed by atoms with E-state index >= 15 is 0 Å². The molecule has 4 aromatic rings. The SMILES string of the molecule is CCOc1ccc(Nc2ccc(C(c3ccc(N(CCO)CCO)cc3C)c3ccc(N(CCO)CCO)cc3C)cc2)cc1. The lowest BCUT2D eigenvalue weighted by atomic mass is 9.81. The van der Waals surface area contributed by atoms with Gasteiger partial charge in [0.25, 0.3) is 0 Å². The molecular formula is C37H47N3O5. The minimum absolute atomic E-state index is 0.00952. The number of hydrogen-bond donors (Lipinski definition) is 5. The van der Waals surface area contributed by atoms with Crippen molar-refractivity contribution in [3.05, 3.63) is 113 Å². The Morgan fingerprint density at radius 3 is 1.40 bits per heavy atom. The van der Waals surface area contributed by atoms with E-state index in [-0.39, 0.29) is 32.3 Å². The van der Waals surface area contributed by atoms with E-state index in [2.05, 4.69) is 79.8 Å². The van der Waals surface area contributed by atoms with Gasteiger partial charge in [-0.05, 0) is 109 Å². The van der Waals surface area contributed by atoms with E-state index in [1.54, 1.807) is 0 Å². The van der Waals surface area contributed by atoms with Crippen molar-refractivity contribution in [2.24, 2.45) is 0 Å². The van der Waals surface area contributed by atoms with Gasteiger partial charge in [-0.15, -0.1) is 0 Å². The van der Waals surface area contributed by atoms with Gasteiger partial charge in [0.1, 0.15) is 5.75 Å². The number of rotatable bonds is 17. The second-order valence-corrected chi connectivity index (χ2v) is 11.1. The van der Waals surface area contributed by atoms with Gasteiger partial charge >= 0.3 is 0 Å². The molecule has 0 aliphatic rings. The van der Waals surface area contributed by atoms with Crippen LogP contribution in [0.15, 0.2) is 84.9 Å². The molecule has 45 heavy (non-hydrogen) atoms. The minimum atomic E-state index is -0.0547. The van der Waals surface area contributed by atoms with Crippen molar-refractivity contribution in [1.29, 1.82) is 0 Å². The molecule has 0 aromatic heterocycles. The molecule has 0 saturated heterocycles. The second kappa shape index (κ2) is 16.8. The first-order valence-corrected chi connectivity index (χ1v) is 15.7. The van der Waals surface area contributed by atoms with Crippen LogP contribution < -0.4 is 19.9 Å². The van der Waals surface area contributed by atoms with Crippen LogP contribution in [0.3, 0.4) is 0 Å². The normalized spacial score (nSPS) is 11.1. The van der Waals surface area contributed by atoms with E-state index in [0.29, 0.717) is 32.8 Å². The molecule has 0 bridgehead atoms. The van der Waals surface area contributed by atoms with Crippen LogP contribution in [0.4, 0.5) is 22.7 Å². The van der Waals surface area contributed by atoms with Crippen LogP contribution in [-0.2, 0) is 0 Å². The molecule has 4 rings (SSSR count). The molecule has 0 radical (unpaired) electrons. The van der Waals surface area contributed by atoms with Gasteiger partial charge in [-0.1, -0.05) is 24.3 Å². The Balaban J connectivity index is 1.72. The smallest absolute Gasteiger partial charge is 0.119 e. The highest BCUT2D eigenvalue weighted by Gasteiger charge is 2.22. The summed E-state index contributed by atoms with van der Waals surface area (Å²) in [5.41, 5.74) is 9.58. The maximum absolute atomic E-state index is 9.58. The van der Waals surface area contributed by atoms with Gasteiger partial charge in [0, 0.05) is 54.8 Å². The van der Waals surface area contributed by atoms with Crippen LogP contribution in [0.25, 0.3) is 0 Å². The van der Waals surface area contributed by atoms with Gasteiger partial charge in [-0.3, -0.25) is 0 Å². The number of aliphatic hydroxyl groups is 4. The minimum Gasteiger partial charge on any atom is -0.494 e. The standard InChI is InChI=1S/C37H47N3O5/c1-4-45-34-13-9-31(10-14-34)38-30-7-5-29(6-8-30)37(35-15-11-32(25-27(35)2)39(17-21-41)18-22-42)36-16-12-33(26-28(36)3)40(19-23-43)20-24-44/h5-16,25-26,37-38,41-44H,4,17-24H2,1-3H3.